The number of aliphatic hydroxyl groups is 1. The number of ether oxygens (including phenoxy) is 1. The second-order valence-corrected chi connectivity index (χ2v) is 11.7. The zero-order valence-corrected chi connectivity index (χ0v) is 24.6. The number of rotatable bonds is 14. The molecule has 3 amide bonds. The first-order valence-corrected chi connectivity index (χ1v) is 15.3. The van der Waals surface area contributed by atoms with E-state index in [0.717, 1.165) is 29.3 Å². The Hall–Kier alpha value is -3.49. The number of fused-ring (bicyclic) bond motifs is 2. The Kier molecular flexibility index (Phi) is 9.13. The predicted molar refractivity (Wildman–Crippen MR) is 164 cm³/mol. The van der Waals surface area contributed by atoms with Gasteiger partial charge in [-0.1, -0.05) is 49.4 Å². The summed E-state index contributed by atoms with van der Waals surface area (Å²) in [6, 6.07) is 13.1. The van der Waals surface area contributed by atoms with Crippen molar-refractivity contribution in [2.45, 2.75) is 63.2 Å². The molecule has 2 aromatic carbocycles. The van der Waals surface area contributed by atoms with Crippen LogP contribution in [0.3, 0.4) is 0 Å². The molecule has 2 aromatic rings. The zero-order chi connectivity index (χ0) is 29.9. The first-order chi connectivity index (χ1) is 20.4. The van der Waals surface area contributed by atoms with E-state index in [1.54, 1.807) is 26.9 Å². The predicted octanol–water partition coefficient (Wildman–Crippen LogP) is 4.32. The van der Waals surface area contributed by atoms with E-state index < -0.39 is 29.6 Å². The van der Waals surface area contributed by atoms with Crippen LogP contribution in [0.25, 0.3) is 10.8 Å². The van der Waals surface area contributed by atoms with Crippen LogP contribution in [0.4, 0.5) is 5.69 Å². The quantitative estimate of drug-likeness (QED) is 0.269. The molecule has 0 radical (unpaired) electrons. The Labute approximate surface area is 248 Å². The smallest absolute Gasteiger partial charge is 0.253 e. The molecule has 42 heavy (non-hydrogen) atoms. The number of nitrogens with zero attached hydrogens (tertiary/aromatic N) is 3. The Balaban J connectivity index is 1.53. The number of anilines is 1. The summed E-state index contributed by atoms with van der Waals surface area (Å²) in [5.74, 6) is -1.81. The van der Waals surface area contributed by atoms with Gasteiger partial charge in [-0.05, 0) is 61.4 Å². The minimum Gasteiger partial charge on any atom is -0.396 e. The maximum Gasteiger partial charge on any atom is 0.253 e. The van der Waals surface area contributed by atoms with E-state index in [1.807, 2.05) is 49.4 Å². The SMILES string of the molecule is C=CCN(CCC)C(=O)[C@@H]1[C@@H]2CCC3(O2)C(C(=O)N(CC=C)c2ccc4ccccc4c2)N(CCCCCO)C(=O)[C@H]13. The summed E-state index contributed by atoms with van der Waals surface area (Å²) in [5, 5.41) is 11.4. The largest absolute Gasteiger partial charge is 0.396 e. The second kappa shape index (κ2) is 12.8. The Bertz CT molecular complexity index is 1340. The van der Waals surface area contributed by atoms with Crippen LogP contribution < -0.4 is 4.90 Å². The third kappa shape index (κ3) is 5.15. The van der Waals surface area contributed by atoms with Crippen molar-refractivity contribution in [3.63, 3.8) is 0 Å². The van der Waals surface area contributed by atoms with Gasteiger partial charge >= 0.3 is 0 Å². The minimum absolute atomic E-state index is 0.0792. The molecule has 8 nitrogen and oxygen atoms in total. The van der Waals surface area contributed by atoms with Crippen molar-refractivity contribution in [1.82, 2.24) is 9.80 Å². The van der Waals surface area contributed by atoms with E-state index in [0.29, 0.717) is 45.3 Å². The summed E-state index contributed by atoms with van der Waals surface area (Å²) >= 11 is 0. The zero-order valence-electron chi connectivity index (χ0n) is 24.6. The minimum atomic E-state index is -1.06. The Morgan fingerprint density at radius 3 is 2.55 bits per heavy atom. The van der Waals surface area contributed by atoms with Gasteiger partial charge in [-0.3, -0.25) is 14.4 Å². The van der Waals surface area contributed by atoms with Gasteiger partial charge in [0.25, 0.3) is 5.91 Å². The third-order valence-corrected chi connectivity index (χ3v) is 9.15. The molecule has 5 atom stereocenters. The lowest BCUT2D eigenvalue weighted by atomic mass is 9.70. The molecule has 224 valence electrons. The van der Waals surface area contributed by atoms with Gasteiger partial charge in [0.05, 0.1) is 17.9 Å². The summed E-state index contributed by atoms with van der Waals surface area (Å²) in [4.78, 5) is 48.1. The molecular weight excluding hydrogens is 530 g/mol. The third-order valence-electron chi connectivity index (χ3n) is 9.15. The van der Waals surface area contributed by atoms with Crippen LogP contribution in [0, 0.1) is 11.8 Å². The van der Waals surface area contributed by atoms with Crippen LogP contribution in [0.15, 0.2) is 67.8 Å². The van der Waals surface area contributed by atoms with E-state index in [4.69, 9.17) is 4.74 Å². The van der Waals surface area contributed by atoms with Crippen molar-refractivity contribution < 1.29 is 24.2 Å². The van der Waals surface area contributed by atoms with Crippen molar-refractivity contribution in [3.8, 4) is 0 Å². The van der Waals surface area contributed by atoms with Crippen LogP contribution in [0.1, 0.15) is 45.4 Å². The molecule has 3 aliphatic heterocycles. The normalized spacial score (nSPS) is 26.0. The summed E-state index contributed by atoms with van der Waals surface area (Å²) in [6.07, 6.45) is 7.00. The van der Waals surface area contributed by atoms with Gasteiger partial charge < -0.3 is 24.5 Å². The number of amides is 3. The monoisotopic (exact) mass is 573 g/mol. The van der Waals surface area contributed by atoms with E-state index in [9.17, 15) is 19.5 Å². The lowest BCUT2D eigenvalue weighted by molar-refractivity contribution is -0.145. The topological polar surface area (TPSA) is 90.4 Å². The highest BCUT2D eigenvalue weighted by Gasteiger charge is 2.74. The fourth-order valence-corrected chi connectivity index (χ4v) is 7.40. The fourth-order valence-electron chi connectivity index (χ4n) is 7.40. The number of aliphatic hydroxyl groups excluding tert-OH is 1. The van der Waals surface area contributed by atoms with E-state index in [1.165, 1.54) is 0 Å². The summed E-state index contributed by atoms with van der Waals surface area (Å²) in [5.41, 5.74) is -0.329. The Morgan fingerprint density at radius 2 is 1.83 bits per heavy atom. The van der Waals surface area contributed by atoms with Crippen LogP contribution >= 0.6 is 0 Å². The van der Waals surface area contributed by atoms with Crippen molar-refractivity contribution >= 4 is 34.2 Å². The number of carbonyl (C=O) groups is 3. The van der Waals surface area contributed by atoms with E-state index >= 15 is 0 Å². The number of unbranched alkanes of at least 4 members (excludes halogenated alkanes) is 2. The van der Waals surface area contributed by atoms with Gasteiger partial charge in [0.1, 0.15) is 11.6 Å². The molecule has 0 aliphatic carbocycles. The maximum atomic E-state index is 14.7. The van der Waals surface area contributed by atoms with Gasteiger partial charge in [-0.2, -0.15) is 0 Å². The highest BCUT2D eigenvalue weighted by atomic mass is 16.5. The molecule has 3 fully saturated rings. The first-order valence-electron chi connectivity index (χ1n) is 15.3. The number of hydrogen-bond donors (Lipinski definition) is 1. The molecule has 2 bridgehead atoms. The average molecular weight is 574 g/mol. The lowest BCUT2D eigenvalue weighted by Crippen LogP contribution is -2.56. The summed E-state index contributed by atoms with van der Waals surface area (Å²) < 4.78 is 6.67. The van der Waals surface area contributed by atoms with Crippen molar-refractivity contribution in [2.24, 2.45) is 11.8 Å². The van der Waals surface area contributed by atoms with Gasteiger partial charge in [-0.25, -0.2) is 0 Å². The van der Waals surface area contributed by atoms with Crippen molar-refractivity contribution in [2.75, 3.05) is 37.7 Å². The van der Waals surface area contributed by atoms with Crippen molar-refractivity contribution in [1.29, 1.82) is 0 Å². The molecule has 0 saturated carbocycles. The number of benzene rings is 2. The first kappa shape index (κ1) is 30.0. The highest BCUT2D eigenvalue weighted by Crippen LogP contribution is 2.59. The van der Waals surface area contributed by atoms with Crippen molar-refractivity contribution in [3.05, 3.63) is 67.8 Å². The number of likely N-dealkylation sites (tertiary alicyclic amines) is 1. The molecule has 1 spiro atoms. The van der Waals surface area contributed by atoms with Gasteiger partial charge in [0, 0.05) is 38.5 Å². The molecule has 1 N–H and O–H groups in total. The molecule has 3 aliphatic rings. The van der Waals surface area contributed by atoms with Crippen LogP contribution in [0.5, 0.6) is 0 Å². The van der Waals surface area contributed by atoms with Crippen LogP contribution in [-0.4, -0.2) is 83.2 Å². The molecule has 5 rings (SSSR count). The van der Waals surface area contributed by atoms with E-state index in [2.05, 4.69) is 13.2 Å². The van der Waals surface area contributed by atoms with Gasteiger partial charge in [0.15, 0.2) is 0 Å². The highest BCUT2D eigenvalue weighted by molar-refractivity contribution is 6.05. The number of carbonyl (C=O) groups excluding carboxylic acids is 3. The van der Waals surface area contributed by atoms with Crippen LogP contribution in [0.2, 0.25) is 0 Å². The van der Waals surface area contributed by atoms with Crippen LogP contribution in [-0.2, 0) is 19.1 Å². The molecule has 2 unspecified atom stereocenters. The molecule has 0 aromatic heterocycles. The molecule has 3 saturated heterocycles. The summed E-state index contributed by atoms with van der Waals surface area (Å²) in [6.45, 7) is 11.5. The summed E-state index contributed by atoms with van der Waals surface area (Å²) in [7, 11) is 0. The fraction of sp³-hybridized carbons (Fsp3) is 0.500. The molecule has 3 heterocycles. The standard InChI is InChI=1S/C34H43N3O5/c1-4-18-35(19-5-2)31(39)28-27-16-17-34(42-27)29(28)32(40)37(21-10-7-11-22-38)30(34)33(41)36(20-6-3)26-15-14-24-12-8-9-13-25(24)23-26/h4,6,8-9,12-15,23,27-30,38H,1,3,5,7,10-11,16-22H2,2H3/t27-,28+,29-,30?,34?/m0/s1. The average Bonchev–Trinajstić information content (AvgIpc) is 3.64. The molecular formula is C34H43N3O5. The van der Waals surface area contributed by atoms with Gasteiger partial charge in [-0.15, -0.1) is 13.2 Å². The Morgan fingerprint density at radius 1 is 1.07 bits per heavy atom. The number of hydrogen-bond acceptors (Lipinski definition) is 5. The lowest BCUT2D eigenvalue weighted by Gasteiger charge is -2.37. The maximum absolute atomic E-state index is 14.7. The second-order valence-electron chi connectivity index (χ2n) is 11.7. The van der Waals surface area contributed by atoms with E-state index in [-0.39, 0.29) is 30.9 Å². The molecule has 8 heteroatoms. The van der Waals surface area contributed by atoms with Gasteiger partial charge in [0.2, 0.25) is 11.8 Å².